The average molecular weight is 985 g/mol. The molecule has 0 fully saturated rings. The molecule has 0 aromatic heterocycles. The maximum atomic E-state index is 12.9. The molecule has 0 aromatic rings. The molecule has 0 spiro atoms. The number of phosphoric acid groups is 1. The third-order valence-electron chi connectivity index (χ3n) is 12.3. The minimum absolute atomic E-state index is 0.170. The number of aliphatic hydroxyl groups is 1. The van der Waals surface area contributed by atoms with Crippen molar-refractivity contribution in [2.45, 2.75) is 290 Å². The summed E-state index contributed by atoms with van der Waals surface area (Å²) in [7, 11) is -4.74. The molecule has 0 aliphatic heterocycles. The number of unbranched alkanes of at least 4 members (excludes halogenated alkanes) is 32. The highest BCUT2D eigenvalue weighted by Gasteiger charge is 2.28. The Balaban J connectivity index is 4.71. The van der Waals surface area contributed by atoms with E-state index in [1.54, 1.807) is 0 Å². The van der Waals surface area contributed by atoms with E-state index in [1.807, 2.05) is 0 Å². The molecule has 0 saturated carbocycles. The molecule has 0 aromatic carbocycles. The van der Waals surface area contributed by atoms with Gasteiger partial charge < -0.3 is 24.2 Å². The Morgan fingerprint density at radius 1 is 0.397 bits per heavy atom. The highest BCUT2D eigenvalue weighted by Crippen LogP contribution is 2.43. The molecular formula is C56H105O11P. The van der Waals surface area contributed by atoms with E-state index >= 15 is 0 Å². The van der Waals surface area contributed by atoms with E-state index < -0.39 is 57.8 Å². The van der Waals surface area contributed by atoms with Gasteiger partial charge in [0.25, 0.3) is 0 Å². The van der Waals surface area contributed by atoms with Gasteiger partial charge in [-0.25, -0.2) is 4.57 Å². The second kappa shape index (κ2) is 51.3. The monoisotopic (exact) mass is 985 g/mol. The van der Waals surface area contributed by atoms with Gasteiger partial charge in [-0.3, -0.25) is 23.4 Å². The van der Waals surface area contributed by atoms with E-state index in [4.69, 9.17) is 23.3 Å². The van der Waals surface area contributed by atoms with Crippen molar-refractivity contribution in [2.24, 2.45) is 0 Å². The number of allylic oxidation sites excluding steroid dienone is 4. The normalized spacial score (nSPS) is 13.5. The van der Waals surface area contributed by atoms with E-state index in [-0.39, 0.29) is 25.9 Å². The zero-order chi connectivity index (χ0) is 49.9. The van der Waals surface area contributed by atoms with Crippen molar-refractivity contribution in [3.05, 3.63) is 24.3 Å². The molecule has 0 saturated heterocycles. The number of hydrogen-bond acceptors (Lipinski definition) is 10. The van der Waals surface area contributed by atoms with Gasteiger partial charge in [0.05, 0.1) is 19.8 Å². The summed E-state index contributed by atoms with van der Waals surface area (Å²) < 4.78 is 39.4. The highest BCUT2D eigenvalue weighted by atomic mass is 31.2. The van der Waals surface area contributed by atoms with Crippen LogP contribution in [-0.2, 0) is 42.2 Å². The number of ether oxygens (including phenoxy) is 3. The molecule has 68 heavy (non-hydrogen) atoms. The smallest absolute Gasteiger partial charge is 0.462 e. The molecule has 0 aliphatic rings. The van der Waals surface area contributed by atoms with Crippen LogP contribution in [0.25, 0.3) is 0 Å². The van der Waals surface area contributed by atoms with E-state index in [0.717, 1.165) is 96.3 Å². The van der Waals surface area contributed by atoms with Gasteiger partial charge in [-0.1, -0.05) is 218 Å². The first-order valence-electron chi connectivity index (χ1n) is 28.2. The van der Waals surface area contributed by atoms with Crippen LogP contribution in [0.5, 0.6) is 0 Å². The lowest BCUT2D eigenvalue weighted by molar-refractivity contribution is -0.161. The molecule has 0 radical (unpaired) electrons. The predicted molar refractivity (Wildman–Crippen MR) is 280 cm³/mol. The number of phosphoric ester groups is 1. The molecule has 12 heteroatoms. The Hall–Kier alpha value is -2.04. The fourth-order valence-electron chi connectivity index (χ4n) is 7.98. The zero-order valence-electron chi connectivity index (χ0n) is 44.1. The molecule has 2 N–H and O–H groups in total. The van der Waals surface area contributed by atoms with Crippen LogP contribution in [0.3, 0.4) is 0 Å². The van der Waals surface area contributed by atoms with Crippen LogP contribution >= 0.6 is 7.82 Å². The molecule has 0 amide bonds. The number of hydrogen-bond donors (Lipinski definition) is 2. The molecule has 3 unspecified atom stereocenters. The van der Waals surface area contributed by atoms with Gasteiger partial charge >= 0.3 is 25.7 Å². The van der Waals surface area contributed by atoms with Crippen LogP contribution in [-0.4, -0.2) is 66.5 Å². The highest BCUT2D eigenvalue weighted by molar-refractivity contribution is 7.47. The van der Waals surface area contributed by atoms with E-state index in [0.29, 0.717) is 19.3 Å². The number of rotatable bonds is 53. The van der Waals surface area contributed by atoms with Gasteiger partial charge in [0.15, 0.2) is 6.10 Å². The zero-order valence-corrected chi connectivity index (χ0v) is 45.0. The molecule has 11 nitrogen and oxygen atoms in total. The summed E-state index contributed by atoms with van der Waals surface area (Å²) in [6.45, 7) is 4.62. The second-order valence-corrected chi connectivity index (χ2v) is 20.6. The summed E-state index contributed by atoms with van der Waals surface area (Å²) in [6.07, 6.45) is 49.9. The summed E-state index contributed by atoms with van der Waals surface area (Å²) in [5.74, 6) is -1.46. The first-order valence-corrected chi connectivity index (χ1v) is 29.7. The Kier molecular flexibility index (Phi) is 49.8. The van der Waals surface area contributed by atoms with Crippen molar-refractivity contribution < 1.29 is 52.2 Å². The van der Waals surface area contributed by atoms with Gasteiger partial charge in [-0.2, -0.15) is 0 Å². The van der Waals surface area contributed by atoms with Gasteiger partial charge in [0.1, 0.15) is 12.7 Å². The third kappa shape index (κ3) is 49.0. The fourth-order valence-corrected chi connectivity index (χ4v) is 8.76. The average Bonchev–Trinajstić information content (AvgIpc) is 3.32. The summed E-state index contributed by atoms with van der Waals surface area (Å²) in [5.41, 5.74) is 0. The number of aliphatic hydroxyl groups excluding tert-OH is 1. The minimum Gasteiger partial charge on any atom is -0.462 e. The van der Waals surface area contributed by atoms with E-state index in [2.05, 4.69) is 45.1 Å². The summed E-state index contributed by atoms with van der Waals surface area (Å²) in [4.78, 5) is 48.4. The van der Waals surface area contributed by atoms with Crippen molar-refractivity contribution in [1.82, 2.24) is 0 Å². The standard InChI is InChI=1S/C56H105O11P/c1-4-7-10-13-16-19-22-24-26-28-31-33-36-39-42-45-54(58)63-49-53(67-56(60)47-44-41-38-35-32-29-27-25-23-20-17-14-11-8-5-2)51-65-68(61,62)64-50-52(48-57)66-55(59)46-43-40-37-34-30-21-18-15-12-9-6-3/h15,18,24,26,52-53,57H,4-14,16-17,19-23,25,27-51H2,1-3H3,(H,61,62)/b18-15-,26-24-. The quantitative estimate of drug-likeness (QED) is 0.0197. The Morgan fingerprint density at radius 2 is 0.691 bits per heavy atom. The topological polar surface area (TPSA) is 155 Å². The molecular weight excluding hydrogens is 880 g/mol. The van der Waals surface area contributed by atoms with Crippen LogP contribution in [0, 0.1) is 0 Å². The maximum absolute atomic E-state index is 12.9. The third-order valence-corrected chi connectivity index (χ3v) is 13.3. The Labute approximate surface area is 417 Å². The van der Waals surface area contributed by atoms with Crippen molar-refractivity contribution in [3.63, 3.8) is 0 Å². The van der Waals surface area contributed by atoms with E-state index in [1.165, 1.54) is 122 Å². The second-order valence-electron chi connectivity index (χ2n) is 19.1. The van der Waals surface area contributed by atoms with Gasteiger partial charge in [-0.05, 0) is 64.2 Å². The first-order chi connectivity index (χ1) is 33.2. The van der Waals surface area contributed by atoms with Crippen molar-refractivity contribution in [3.8, 4) is 0 Å². The number of esters is 3. The molecule has 0 aliphatic carbocycles. The SMILES string of the molecule is CCCC/C=C\CCCCCCCC(=O)OC(CO)COP(=O)(O)OCC(COC(=O)CCCCCCC/C=C\CCCCCCCC)OC(=O)CCCCCCCCCCCCCCCCC. The van der Waals surface area contributed by atoms with Crippen LogP contribution < -0.4 is 0 Å². The van der Waals surface area contributed by atoms with Crippen LogP contribution in [0.2, 0.25) is 0 Å². The first kappa shape index (κ1) is 66.0. The van der Waals surface area contributed by atoms with Crippen molar-refractivity contribution in [1.29, 1.82) is 0 Å². The Morgan fingerprint density at radius 3 is 1.06 bits per heavy atom. The van der Waals surface area contributed by atoms with Crippen LogP contribution in [0.4, 0.5) is 0 Å². The van der Waals surface area contributed by atoms with Crippen molar-refractivity contribution >= 4 is 25.7 Å². The summed E-state index contributed by atoms with van der Waals surface area (Å²) in [6, 6.07) is 0. The number of carbonyl (C=O) groups is 3. The van der Waals surface area contributed by atoms with Gasteiger partial charge in [-0.15, -0.1) is 0 Å². The van der Waals surface area contributed by atoms with Gasteiger partial charge in [0, 0.05) is 19.3 Å². The van der Waals surface area contributed by atoms with Gasteiger partial charge in [0.2, 0.25) is 0 Å². The largest absolute Gasteiger partial charge is 0.472 e. The lowest BCUT2D eigenvalue weighted by Gasteiger charge is -2.21. The lowest BCUT2D eigenvalue weighted by atomic mass is 10.0. The molecule has 0 heterocycles. The predicted octanol–water partition coefficient (Wildman–Crippen LogP) is 16.3. The maximum Gasteiger partial charge on any atom is 0.472 e. The molecule has 0 rings (SSSR count). The lowest BCUT2D eigenvalue weighted by Crippen LogP contribution is -2.30. The number of carbonyl (C=O) groups excluding carboxylic acids is 3. The Bertz CT molecular complexity index is 1240. The van der Waals surface area contributed by atoms with Crippen LogP contribution in [0.15, 0.2) is 24.3 Å². The molecule has 0 bridgehead atoms. The summed E-state index contributed by atoms with van der Waals surface area (Å²) in [5, 5.41) is 9.78. The minimum atomic E-state index is -4.74. The molecule has 400 valence electrons. The fraction of sp³-hybridized carbons (Fsp3) is 0.875. The van der Waals surface area contributed by atoms with E-state index in [9.17, 15) is 28.9 Å². The summed E-state index contributed by atoms with van der Waals surface area (Å²) >= 11 is 0. The van der Waals surface area contributed by atoms with Crippen molar-refractivity contribution in [2.75, 3.05) is 26.4 Å². The molecule has 3 atom stereocenters. The van der Waals surface area contributed by atoms with Crippen LogP contribution in [0.1, 0.15) is 278 Å².